The maximum atomic E-state index is 12.9. The number of alkyl halides is 3. The predicted octanol–water partition coefficient (Wildman–Crippen LogP) is 2.98. The second kappa shape index (κ2) is 7.87. The summed E-state index contributed by atoms with van der Waals surface area (Å²) in [5, 5.41) is 2.77. The summed E-state index contributed by atoms with van der Waals surface area (Å²) in [4.78, 5) is -1.32. The Morgan fingerprint density at radius 2 is 1.53 bits per heavy atom. The van der Waals surface area contributed by atoms with E-state index in [1.807, 2.05) is 0 Å². The molecule has 0 aliphatic carbocycles. The molecule has 0 spiro atoms. The third kappa shape index (κ3) is 4.26. The third-order valence-corrected chi connectivity index (χ3v) is 6.89. The number of hydrogen-bond acceptors (Lipinski definition) is 7. The molecule has 2 aromatic carbocycles. The van der Waals surface area contributed by atoms with Crippen LogP contribution in [0.4, 0.5) is 24.5 Å². The Morgan fingerprint density at radius 1 is 0.900 bits per heavy atom. The second-order valence-electron chi connectivity index (χ2n) is 6.10. The summed E-state index contributed by atoms with van der Waals surface area (Å²) in [6, 6.07) is 6.26. The molecule has 0 unspecified atom stereocenters. The average molecular weight is 466 g/mol. The second-order valence-corrected chi connectivity index (χ2v) is 9.72. The normalized spacial score (nSPS) is 14.3. The molecule has 0 amide bonds. The van der Waals surface area contributed by atoms with Crippen molar-refractivity contribution in [1.82, 2.24) is 0 Å². The van der Waals surface area contributed by atoms with Gasteiger partial charge >= 0.3 is 5.51 Å². The van der Waals surface area contributed by atoms with Gasteiger partial charge in [-0.05, 0) is 37.3 Å². The Kier molecular flexibility index (Phi) is 5.78. The van der Waals surface area contributed by atoms with Gasteiger partial charge in [0.2, 0.25) is 0 Å². The standard InChI is InChI=1S/C17H17F3N2O6S2/c1-2-21-13-5-3-11(29(23,24)17(18,19)20)9-14(13)22-30(25,26)12-4-6-15-16(10-12)28-8-7-27-15/h3-6,9-10,21-22H,2,7-8H2,1H3. The number of fused-ring (bicyclic) bond motifs is 1. The van der Waals surface area contributed by atoms with E-state index < -0.39 is 30.3 Å². The lowest BCUT2D eigenvalue weighted by Crippen LogP contribution is -2.23. The van der Waals surface area contributed by atoms with E-state index in [9.17, 15) is 30.0 Å². The lowest BCUT2D eigenvalue weighted by Gasteiger charge is -2.19. The van der Waals surface area contributed by atoms with Gasteiger partial charge in [0, 0.05) is 12.6 Å². The van der Waals surface area contributed by atoms with E-state index in [1.165, 1.54) is 18.2 Å². The number of hydrogen-bond donors (Lipinski definition) is 2. The van der Waals surface area contributed by atoms with Crippen molar-refractivity contribution < 1.29 is 39.5 Å². The summed E-state index contributed by atoms with van der Waals surface area (Å²) < 4.78 is 101. The molecule has 0 saturated carbocycles. The molecule has 30 heavy (non-hydrogen) atoms. The maximum Gasteiger partial charge on any atom is 0.501 e. The van der Waals surface area contributed by atoms with Crippen LogP contribution in [0.15, 0.2) is 46.2 Å². The minimum atomic E-state index is -5.66. The fourth-order valence-corrected chi connectivity index (χ4v) is 4.52. The number of sulfonamides is 1. The summed E-state index contributed by atoms with van der Waals surface area (Å²) in [6.45, 7) is 2.53. The molecule has 0 atom stereocenters. The van der Waals surface area contributed by atoms with Crippen LogP contribution in [0, 0.1) is 0 Å². The first kappa shape index (κ1) is 22.0. The predicted molar refractivity (Wildman–Crippen MR) is 102 cm³/mol. The van der Waals surface area contributed by atoms with Gasteiger partial charge in [-0.2, -0.15) is 13.2 Å². The monoisotopic (exact) mass is 466 g/mol. The Bertz CT molecular complexity index is 1160. The summed E-state index contributed by atoms with van der Waals surface area (Å²) in [5.41, 5.74) is -5.77. The van der Waals surface area contributed by atoms with E-state index in [1.54, 1.807) is 6.92 Å². The van der Waals surface area contributed by atoms with Gasteiger partial charge in [0.1, 0.15) is 13.2 Å². The van der Waals surface area contributed by atoms with Crippen LogP contribution in [-0.2, 0) is 19.9 Å². The molecule has 8 nitrogen and oxygen atoms in total. The van der Waals surface area contributed by atoms with Crippen molar-refractivity contribution in [3.8, 4) is 11.5 Å². The molecule has 0 radical (unpaired) electrons. The molecule has 13 heteroatoms. The van der Waals surface area contributed by atoms with Crippen molar-refractivity contribution in [2.75, 3.05) is 29.8 Å². The molecular weight excluding hydrogens is 449 g/mol. The van der Waals surface area contributed by atoms with Gasteiger partial charge in [-0.3, -0.25) is 4.72 Å². The fourth-order valence-electron chi connectivity index (χ4n) is 2.65. The first-order valence-electron chi connectivity index (χ1n) is 8.57. The smallest absolute Gasteiger partial charge is 0.486 e. The van der Waals surface area contributed by atoms with Gasteiger partial charge in [0.25, 0.3) is 19.9 Å². The fraction of sp³-hybridized carbons (Fsp3) is 0.294. The van der Waals surface area contributed by atoms with E-state index in [4.69, 9.17) is 9.47 Å². The largest absolute Gasteiger partial charge is 0.501 e. The van der Waals surface area contributed by atoms with Gasteiger partial charge < -0.3 is 14.8 Å². The molecule has 0 bridgehead atoms. The molecule has 1 aliphatic heterocycles. The van der Waals surface area contributed by atoms with Gasteiger partial charge in [-0.25, -0.2) is 16.8 Å². The number of benzene rings is 2. The van der Waals surface area contributed by atoms with Crippen LogP contribution in [0.2, 0.25) is 0 Å². The van der Waals surface area contributed by atoms with Crippen molar-refractivity contribution in [2.45, 2.75) is 22.2 Å². The van der Waals surface area contributed by atoms with E-state index in [2.05, 4.69) is 10.0 Å². The van der Waals surface area contributed by atoms with Crippen molar-refractivity contribution in [2.24, 2.45) is 0 Å². The molecule has 0 fully saturated rings. The minimum Gasteiger partial charge on any atom is -0.486 e. The Balaban J connectivity index is 2.02. The van der Waals surface area contributed by atoms with Crippen molar-refractivity contribution in [3.63, 3.8) is 0 Å². The van der Waals surface area contributed by atoms with Crippen LogP contribution < -0.4 is 19.5 Å². The van der Waals surface area contributed by atoms with Gasteiger partial charge in [-0.15, -0.1) is 0 Å². The Labute approximate surface area is 171 Å². The van der Waals surface area contributed by atoms with E-state index >= 15 is 0 Å². The molecule has 164 valence electrons. The van der Waals surface area contributed by atoms with E-state index in [0.717, 1.165) is 12.1 Å². The lowest BCUT2D eigenvalue weighted by atomic mass is 10.2. The number of rotatable bonds is 6. The number of halogens is 3. The van der Waals surface area contributed by atoms with Gasteiger partial charge in [0.15, 0.2) is 11.5 Å². The van der Waals surface area contributed by atoms with Gasteiger partial charge in [0.05, 0.1) is 21.2 Å². The summed E-state index contributed by atoms with van der Waals surface area (Å²) in [7, 11) is -9.95. The SMILES string of the molecule is CCNc1ccc(S(=O)(=O)C(F)(F)F)cc1NS(=O)(=O)c1ccc2c(c1)OCCO2. The van der Waals surface area contributed by atoms with Crippen molar-refractivity contribution >= 4 is 31.2 Å². The number of anilines is 2. The third-order valence-electron chi connectivity index (χ3n) is 4.04. The molecule has 2 N–H and O–H groups in total. The van der Waals surface area contributed by atoms with E-state index in [0.29, 0.717) is 25.0 Å². The maximum absolute atomic E-state index is 12.9. The molecule has 2 aromatic rings. The highest BCUT2D eigenvalue weighted by Crippen LogP contribution is 2.36. The molecule has 0 aromatic heterocycles. The Hall–Kier alpha value is -2.67. The highest BCUT2D eigenvalue weighted by molar-refractivity contribution is 7.93. The molecule has 1 aliphatic rings. The molecule has 3 rings (SSSR count). The molecular formula is C17H17F3N2O6S2. The molecule has 1 heterocycles. The summed E-state index contributed by atoms with van der Waals surface area (Å²) in [5.74, 6) is 0.552. The lowest BCUT2D eigenvalue weighted by molar-refractivity contribution is -0.0435. The highest BCUT2D eigenvalue weighted by Gasteiger charge is 2.47. The number of nitrogens with one attached hydrogen (secondary N) is 2. The van der Waals surface area contributed by atoms with Crippen LogP contribution in [0.25, 0.3) is 0 Å². The van der Waals surface area contributed by atoms with Gasteiger partial charge in [-0.1, -0.05) is 0 Å². The quantitative estimate of drug-likeness (QED) is 0.673. The van der Waals surface area contributed by atoms with Crippen LogP contribution in [-0.4, -0.2) is 42.1 Å². The zero-order valence-corrected chi connectivity index (χ0v) is 17.1. The van der Waals surface area contributed by atoms with Crippen LogP contribution >= 0.6 is 0 Å². The summed E-state index contributed by atoms with van der Waals surface area (Å²) >= 11 is 0. The Morgan fingerprint density at radius 3 is 2.17 bits per heavy atom. The summed E-state index contributed by atoms with van der Waals surface area (Å²) in [6.07, 6.45) is 0. The van der Waals surface area contributed by atoms with Crippen molar-refractivity contribution in [3.05, 3.63) is 36.4 Å². The van der Waals surface area contributed by atoms with E-state index in [-0.39, 0.29) is 28.6 Å². The first-order valence-corrected chi connectivity index (χ1v) is 11.5. The highest BCUT2D eigenvalue weighted by atomic mass is 32.2. The van der Waals surface area contributed by atoms with Crippen LogP contribution in [0.5, 0.6) is 11.5 Å². The zero-order valence-electron chi connectivity index (χ0n) is 15.5. The average Bonchev–Trinajstić information content (AvgIpc) is 2.68. The zero-order chi connectivity index (χ0) is 22.2. The van der Waals surface area contributed by atoms with Crippen LogP contribution in [0.1, 0.15) is 6.92 Å². The minimum absolute atomic E-state index is 0.111. The molecule has 0 saturated heterocycles. The number of sulfone groups is 1. The topological polar surface area (TPSA) is 111 Å². The van der Waals surface area contributed by atoms with Crippen molar-refractivity contribution in [1.29, 1.82) is 0 Å². The number of ether oxygens (including phenoxy) is 2. The van der Waals surface area contributed by atoms with Crippen LogP contribution in [0.3, 0.4) is 0 Å². The first-order chi connectivity index (χ1) is 14.0.